The predicted molar refractivity (Wildman–Crippen MR) is 48.2 cm³/mol. The van der Waals surface area contributed by atoms with E-state index in [0.717, 1.165) is 25.7 Å². The van der Waals surface area contributed by atoms with E-state index in [0.29, 0.717) is 6.42 Å². The van der Waals surface area contributed by atoms with Crippen molar-refractivity contribution in [1.82, 2.24) is 0 Å². The van der Waals surface area contributed by atoms with E-state index in [1.54, 1.807) is 0 Å². The van der Waals surface area contributed by atoms with Gasteiger partial charge in [0.1, 0.15) is 0 Å². The molecule has 0 saturated heterocycles. The second kappa shape index (κ2) is 5.51. The van der Waals surface area contributed by atoms with Crippen molar-refractivity contribution in [2.45, 2.75) is 51.2 Å². The number of hydrogen-bond acceptors (Lipinski definition) is 2. The predicted octanol–water partition coefficient (Wildman–Crippen LogP) is 2.64. The van der Waals surface area contributed by atoms with Gasteiger partial charge in [0.25, 0.3) is 0 Å². The van der Waals surface area contributed by atoms with E-state index in [4.69, 9.17) is 0 Å². The lowest BCUT2D eigenvalue weighted by atomic mass is 10.1. The van der Waals surface area contributed by atoms with Gasteiger partial charge in [0.2, 0.25) is 0 Å². The van der Waals surface area contributed by atoms with Crippen molar-refractivity contribution in [3.8, 4) is 0 Å². The lowest BCUT2D eigenvalue weighted by molar-refractivity contribution is 0.523. The van der Waals surface area contributed by atoms with Crippen molar-refractivity contribution in [2.24, 2.45) is 0 Å². The summed E-state index contributed by atoms with van der Waals surface area (Å²) in [6.07, 6.45) is 4.45. The topological polar surface area (TPSA) is 34.1 Å². The van der Waals surface area contributed by atoms with Gasteiger partial charge in [0.15, 0.2) is 0 Å². The molecule has 0 aromatic rings. The normalized spacial score (nSPS) is 14.6. The second-order valence-corrected chi connectivity index (χ2v) is 4.89. The first kappa shape index (κ1) is 11.9. The number of unbranched alkanes of at least 4 members (excludes halogenated alkanes) is 3. The zero-order chi connectivity index (χ0) is 9.61. The number of hydrogen-bond donors (Lipinski definition) is 0. The summed E-state index contributed by atoms with van der Waals surface area (Å²) in [6, 6.07) is 0. The molecule has 0 amide bonds. The fraction of sp³-hybridized carbons (Fsp3) is 1.00. The Morgan fingerprint density at radius 1 is 1.25 bits per heavy atom. The van der Waals surface area contributed by atoms with Gasteiger partial charge in [0.05, 0.1) is 5.25 Å². The van der Waals surface area contributed by atoms with Gasteiger partial charge >= 0.3 is 10.2 Å². The lowest BCUT2D eigenvalue weighted by Gasteiger charge is -2.04. The van der Waals surface area contributed by atoms with E-state index in [1.807, 2.05) is 0 Å². The highest BCUT2D eigenvalue weighted by molar-refractivity contribution is 7.86. The molecule has 0 spiro atoms. The fourth-order valence-electron chi connectivity index (χ4n) is 0.999. The molecule has 0 N–H and O–H groups in total. The van der Waals surface area contributed by atoms with Gasteiger partial charge in [-0.1, -0.05) is 32.6 Å². The highest BCUT2D eigenvalue weighted by Gasteiger charge is 2.17. The van der Waals surface area contributed by atoms with Gasteiger partial charge in [-0.2, -0.15) is 8.42 Å². The first-order chi connectivity index (χ1) is 5.48. The summed E-state index contributed by atoms with van der Waals surface area (Å²) < 4.78 is 32.9. The van der Waals surface area contributed by atoms with Crippen molar-refractivity contribution in [2.75, 3.05) is 0 Å². The third-order valence-corrected chi connectivity index (χ3v) is 3.14. The second-order valence-electron chi connectivity index (χ2n) is 3.14. The number of rotatable bonds is 6. The molecule has 0 saturated carbocycles. The van der Waals surface area contributed by atoms with E-state index in [-0.39, 0.29) is 0 Å². The van der Waals surface area contributed by atoms with Crippen LogP contribution in [0.3, 0.4) is 0 Å². The van der Waals surface area contributed by atoms with E-state index >= 15 is 0 Å². The SMILES string of the molecule is CCCCCCC(C)S(=O)(=O)F. The summed E-state index contributed by atoms with van der Waals surface area (Å²) in [6.45, 7) is 3.50. The van der Waals surface area contributed by atoms with Gasteiger partial charge in [-0.3, -0.25) is 0 Å². The van der Waals surface area contributed by atoms with Crippen molar-refractivity contribution < 1.29 is 12.3 Å². The highest BCUT2D eigenvalue weighted by atomic mass is 32.3. The molecular weight excluding hydrogens is 179 g/mol. The van der Waals surface area contributed by atoms with Crippen LogP contribution in [-0.4, -0.2) is 13.7 Å². The molecular formula is C8H17FO2S. The molecule has 0 aromatic heterocycles. The Morgan fingerprint density at radius 2 is 1.83 bits per heavy atom. The molecule has 0 fully saturated rings. The van der Waals surface area contributed by atoms with Gasteiger partial charge in [-0.25, -0.2) is 0 Å². The Kier molecular flexibility index (Phi) is 5.46. The first-order valence-electron chi connectivity index (χ1n) is 4.42. The maximum atomic E-state index is 12.3. The maximum absolute atomic E-state index is 12.3. The molecule has 2 nitrogen and oxygen atoms in total. The van der Waals surface area contributed by atoms with Crippen molar-refractivity contribution in [1.29, 1.82) is 0 Å². The van der Waals surface area contributed by atoms with Gasteiger partial charge in [-0.05, 0) is 13.3 Å². The molecule has 1 atom stereocenters. The number of halogens is 1. The molecule has 0 heterocycles. The van der Waals surface area contributed by atoms with E-state index < -0.39 is 15.5 Å². The summed E-state index contributed by atoms with van der Waals surface area (Å²) >= 11 is 0. The Bertz CT molecular complexity index is 199. The molecule has 0 aliphatic heterocycles. The minimum absolute atomic E-state index is 0.443. The molecule has 4 heteroatoms. The standard InChI is InChI=1S/C8H17FO2S/c1-3-4-5-6-7-8(2)12(9,10)11/h8H,3-7H2,1-2H3. The van der Waals surface area contributed by atoms with E-state index in [2.05, 4.69) is 6.92 Å². The van der Waals surface area contributed by atoms with Crippen LogP contribution >= 0.6 is 0 Å². The van der Waals surface area contributed by atoms with Crippen LogP contribution in [0.2, 0.25) is 0 Å². The van der Waals surface area contributed by atoms with Crippen LogP contribution in [0.4, 0.5) is 3.89 Å². The maximum Gasteiger partial charge on any atom is 0.305 e. The van der Waals surface area contributed by atoms with Gasteiger partial charge in [0, 0.05) is 0 Å². The van der Waals surface area contributed by atoms with Crippen molar-refractivity contribution in [3.05, 3.63) is 0 Å². The van der Waals surface area contributed by atoms with Crippen LogP contribution < -0.4 is 0 Å². The largest absolute Gasteiger partial charge is 0.305 e. The van der Waals surface area contributed by atoms with Crippen LogP contribution in [0.5, 0.6) is 0 Å². The molecule has 0 aliphatic rings. The first-order valence-corrected chi connectivity index (χ1v) is 5.86. The Hall–Kier alpha value is -0.120. The summed E-state index contributed by atoms with van der Waals surface area (Å²) in [5.74, 6) is 0. The smallest absolute Gasteiger partial charge is 0.195 e. The Balaban J connectivity index is 3.52. The van der Waals surface area contributed by atoms with Crippen molar-refractivity contribution in [3.63, 3.8) is 0 Å². The molecule has 0 rings (SSSR count). The summed E-state index contributed by atoms with van der Waals surface area (Å²) in [7, 11) is -4.29. The van der Waals surface area contributed by atoms with Crippen LogP contribution in [-0.2, 0) is 10.2 Å². The summed E-state index contributed by atoms with van der Waals surface area (Å²) in [5.41, 5.74) is 0. The van der Waals surface area contributed by atoms with Crippen LogP contribution in [0.25, 0.3) is 0 Å². The summed E-state index contributed by atoms with van der Waals surface area (Å²) in [4.78, 5) is 0. The molecule has 0 bridgehead atoms. The average Bonchev–Trinajstić information content (AvgIpc) is 1.96. The van der Waals surface area contributed by atoms with Crippen LogP contribution in [0.15, 0.2) is 0 Å². The third-order valence-electron chi connectivity index (χ3n) is 1.94. The van der Waals surface area contributed by atoms with Gasteiger partial charge in [-0.15, -0.1) is 3.89 Å². The molecule has 1 unspecified atom stereocenters. The Labute approximate surface area is 74.4 Å². The van der Waals surface area contributed by atoms with E-state index in [1.165, 1.54) is 6.92 Å². The van der Waals surface area contributed by atoms with Gasteiger partial charge < -0.3 is 0 Å². The molecule has 0 aliphatic carbocycles. The minimum atomic E-state index is -4.29. The lowest BCUT2D eigenvalue weighted by Crippen LogP contribution is -2.11. The summed E-state index contributed by atoms with van der Waals surface area (Å²) in [5, 5.41) is -0.825. The fourth-order valence-corrected chi connectivity index (χ4v) is 1.45. The van der Waals surface area contributed by atoms with Crippen LogP contribution in [0, 0.1) is 0 Å². The minimum Gasteiger partial charge on any atom is -0.195 e. The Morgan fingerprint density at radius 3 is 2.25 bits per heavy atom. The molecule has 12 heavy (non-hydrogen) atoms. The quantitative estimate of drug-likeness (QED) is 0.483. The van der Waals surface area contributed by atoms with Crippen LogP contribution in [0.1, 0.15) is 46.0 Å². The zero-order valence-corrected chi connectivity index (χ0v) is 8.53. The molecule has 0 aromatic carbocycles. The van der Waals surface area contributed by atoms with Crippen molar-refractivity contribution >= 4 is 10.2 Å². The third kappa shape index (κ3) is 5.52. The zero-order valence-electron chi connectivity index (χ0n) is 7.72. The monoisotopic (exact) mass is 196 g/mol. The average molecular weight is 196 g/mol. The molecule has 0 radical (unpaired) electrons. The molecule has 74 valence electrons. The highest BCUT2D eigenvalue weighted by Crippen LogP contribution is 2.12. The van der Waals surface area contributed by atoms with E-state index in [9.17, 15) is 12.3 Å².